The van der Waals surface area contributed by atoms with Crippen LogP contribution >= 0.6 is 0 Å². The first kappa shape index (κ1) is 18.9. The molecule has 2 aromatic rings. The van der Waals surface area contributed by atoms with Crippen LogP contribution in [-0.2, 0) is 9.59 Å². The summed E-state index contributed by atoms with van der Waals surface area (Å²) in [6.07, 6.45) is 2.69. The van der Waals surface area contributed by atoms with Crippen LogP contribution in [-0.4, -0.2) is 18.4 Å². The average molecular weight is 370 g/mol. The quantitative estimate of drug-likeness (QED) is 0.682. The Labute approximate surface area is 157 Å². The van der Waals surface area contributed by atoms with E-state index in [1.54, 1.807) is 18.2 Å². The molecule has 2 aromatic carbocycles. The Hall–Kier alpha value is -2.89. The molecule has 142 valence electrons. The van der Waals surface area contributed by atoms with E-state index in [9.17, 15) is 14.0 Å². The number of carbonyl (C=O) groups is 2. The van der Waals surface area contributed by atoms with Crippen LogP contribution in [0.4, 0.5) is 15.8 Å². The van der Waals surface area contributed by atoms with Gasteiger partial charge in [0.1, 0.15) is 11.6 Å². The molecule has 0 atom stereocenters. The minimum absolute atomic E-state index is 0.0330. The summed E-state index contributed by atoms with van der Waals surface area (Å²) >= 11 is 0. The zero-order chi connectivity index (χ0) is 19.2. The predicted molar refractivity (Wildman–Crippen MR) is 102 cm³/mol. The number of ether oxygens (including phenoxy) is 1. The second kappa shape index (κ2) is 8.66. The van der Waals surface area contributed by atoms with Gasteiger partial charge in [-0.05, 0) is 56.0 Å². The largest absolute Gasteiger partial charge is 0.493 e. The van der Waals surface area contributed by atoms with Crippen molar-refractivity contribution in [1.82, 2.24) is 0 Å². The number of carbonyl (C=O) groups excluding carboxylic acids is 2. The Morgan fingerprint density at radius 2 is 1.96 bits per heavy atom. The van der Waals surface area contributed by atoms with Crippen molar-refractivity contribution in [3.8, 4) is 5.75 Å². The van der Waals surface area contributed by atoms with Gasteiger partial charge >= 0.3 is 0 Å². The average Bonchev–Trinajstić information content (AvgIpc) is 3.47. The molecule has 0 aliphatic heterocycles. The van der Waals surface area contributed by atoms with Crippen molar-refractivity contribution in [1.29, 1.82) is 0 Å². The highest BCUT2D eigenvalue weighted by Gasteiger charge is 2.29. The van der Waals surface area contributed by atoms with Crippen LogP contribution in [0.15, 0.2) is 42.5 Å². The summed E-state index contributed by atoms with van der Waals surface area (Å²) in [5.41, 5.74) is 2.28. The molecule has 1 aliphatic carbocycles. The molecule has 3 rings (SSSR count). The third-order valence-corrected chi connectivity index (χ3v) is 4.34. The molecular weight excluding hydrogens is 347 g/mol. The number of rotatable bonds is 8. The Morgan fingerprint density at radius 3 is 2.70 bits per heavy atom. The van der Waals surface area contributed by atoms with E-state index in [1.807, 2.05) is 19.1 Å². The molecule has 0 aromatic heterocycles. The molecule has 0 heterocycles. The molecule has 1 saturated carbocycles. The standard InChI is InChI=1S/C21H23FN2O3/c1-14-7-10-17(23-21(26)15-8-9-15)13-19(14)24-20(25)6-3-11-27-18-5-2-4-16(22)12-18/h2,4-5,7,10,12-13,15H,3,6,8-9,11H2,1H3,(H,23,26)(H,24,25). The molecular formula is C21H23FN2O3. The van der Waals surface area contributed by atoms with Crippen molar-refractivity contribution in [2.24, 2.45) is 5.92 Å². The van der Waals surface area contributed by atoms with Crippen molar-refractivity contribution < 1.29 is 18.7 Å². The van der Waals surface area contributed by atoms with Gasteiger partial charge in [-0.1, -0.05) is 12.1 Å². The summed E-state index contributed by atoms with van der Waals surface area (Å²) in [7, 11) is 0. The van der Waals surface area contributed by atoms with E-state index in [0.717, 1.165) is 18.4 Å². The van der Waals surface area contributed by atoms with E-state index in [1.165, 1.54) is 12.1 Å². The van der Waals surface area contributed by atoms with Crippen LogP contribution in [0.2, 0.25) is 0 Å². The van der Waals surface area contributed by atoms with Crippen LogP contribution in [0.3, 0.4) is 0 Å². The molecule has 6 heteroatoms. The highest BCUT2D eigenvalue weighted by atomic mass is 19.1. The summed E-state index contributed by atoms with van der Waals surface area (Å²) in [5, 5.41) is 5.75. The van der Waals surface area contributed by atoms with Gasteiger partial charge in [0, 0.05) is 29.8 Å². The fourth-order valence-electron chi connectivity index (χ4n) is 2.62. The number of amides is 2. The van der Waals surface area contributed by atoms with Gasteiger partial charge in [0.2, 0.25) is 11.8 Å². The highest BCUT2D eigenvalue weighted by Crippen LogP contribution is 2.30. The number of hydrogen-bond acceptors (Lipinski definition) is 3. The molecule has 27 heavy (non-hydrogen) atoms. The van der Waals surface area contributed by atoms with E-state index in [-0.39, 0.29) is 30.0 Å². The smallest absolute Gasteiger partial charge is 0.227 e. The summed E-state index contributed by atoms with van der Waals surface area (Å²) in [4.78, 5) is 24.0. The molecule has 0 bridgehead atoms. The van der Waals surface area contributed by atoms with Gasteiger partial charge in [-0.25, -0.2) is 4.39 Å². The number of anilines is 2. The summed E-state index contributed by atoms with van der Waals surface area (Å²) in [6, 6.07) is 11.4. The van der Waals surface area contributed by atoms with Crippen LogP contribution in [0.1, 0.15) is 31.2 Å². The zero-order valence-electron chi connectivity index (χ0n) is 15.3. The van der Waals surface area contributed by atoms with Crippen LogP contribution in [0, 0.1) is 18.7 Å². The molecule has 2 amide bonds. The maximum absolute atomic E-state index is 13.1. The molecule has 0 saturated heterocycles. The number of halogens is 1. The van der Waals surface area contributed by atoms with Gasteiger partial charge in [0.25, 0.3) is 0 Å². The SMILES string of the molecule is Cc1ccc(NC(=O)C2CC2)cc1NC(=O)CCCOc1cccc(F)c1. The molecule has 0 radical (unpaired) electrons. The van der Waals surface area contributed by atoms with Crippen LogP contribution < -0.4 is 15.4 Å². The molecule has 5 nitrogen and oxygen atoms in total. The van der Waals surface area contributed by atoms with Crippen molar-refractivity contribution in [3.63, 3.8) is 0 Å². The van der Waals surface area contributed by atoms with Crippen LogP contribution in [0.5, 0.6) is 5.75 Å². The molecule has 1 aliphatic rings. The Bertz CT molecular complexity index is 834. The van der Waals surface area contributed by atoms with E-state index >= 15 is 0 Å². The van der Waals surface area contributed by atoms with E-state index in [0.29, 0.717) is 30.2 Å². The summed E-state index contributed by atoms with van der Waals surface area (Å²) in [5.74, 6) is 0.124. The predicted octanol–water partition coefficient (Wildman–Crippen LogP) is 4.28. The first-order chi connectivity index (χ1) is 13.0. The van der Waals surface area contributed by atoms with E-state index in [2.05, 4.69) is 10.6 Å². The third kappa shape index (κ3) is 5.81. The maximum atomic E-state index is 13.1. The number of benzene rings is 2. The number of aryl methyl sites for hydroxylation is 1. The molecule has 1 fully saturated rings. The lowest BCUT2D eigenvalue weighted by Crippen LogP contribution is -2.15. The Morgan fingerprint density at radius 1 is 1.15 bits per heavy atom. The topological polar surface area (TPSA) is 67.4 Å². The minimum atomic E-state index is -0.352. The lowest BCUT2D eigenvalue weighted by atomic mass is 10.1. The first-order valence-corrected chi connectivity index (χ1v) is 9.11. The molecule has 0 spiro atoms. The van der Waals surface area contributed by atoms with Crippen molar-refractivity contribution in [2.45, 2.75) is 32.6 Å². The zero-order valence-corrected chi connectivity index (χ0v) is 15.3. The Balaban J connectivity index is 1.46. The van der Waals surface area contributed by atoms with Gasteiger partial charge in [0.15, 0.2) is 0 Å². The van der Waals surface area contributed by atoms with Crippen LogP contribution in [0.25, 0.3) is 0 Å². The van der Waals surface area contributed by atoms with Crippen molar-refractivity contribution in [2.75, 3.05) is 17.2 Å². The lowest BCUT2D eigenvalue weighted by molar-refractivity contribution is -0.117. The van der Waals surface area contributed by atoms with Gasteiger partial charge in [-0.2, -0.15) is 0 Å². The molecule has 2 N–H and O–H groups in total. The lowest BCUT2D eigenvalue weighted by Gasteiger charge is -2.12. The fraction of sp³-hybridized carbons (Fsp3) is 0.333. The summed E-state index contributed by atoms with van der Waals surface area (Å²) < 4.78 is 18.5. The second-order valence-electron chi connectivity index (χ2n) is 6.75. The number of nitrogens with one attached hydrogen (secondary N) is 2. The van der Waals surface area contributed by atoms with Crippen molar-refractivity contribution in [3.05, 3.63) is 53.8 Å². The maximum Gasteiger partial charge on any atom is 0.227 e. The van der Waals surface area contributed by atoms with Gasteiger partial charge < -0.3 is 15.4 Å². The van der Waals surface area contributed by atoms with E-state index in [4.69, 9.17) is 4.74 Å². The van der Waals surface area contributed by atoms with Gasteiger partial charge in [0.05, 0.1) is 6.61 Å². The van der Waals surface area contributed by atoms with E-state index < -0.39 is 0 Å². The third-order valence-electron chi connectivity index (χ3n) is 4.34. The second-order valence-corrected chi connectivity index (χ2v) is 6.75. The first-order valence-electron chi connectivity index (χ1n) is 9.11. The normalized spacial score (nSPS) is 13.1. The fourth-order valence-corrected chi connectivity index (χ4v) is 2.62. The molecule has 0 unspecified atom stereocenters. The van der Waals surface area contributed by atoms with Crippen molar-refractivity contribution >= 4 is 23.2 Å². The summed E-state index contributed by atoms with van der Waals surface area (Å²) in [6.45, 7) is 2.22. The monoisotopic (exact) mass is 370 g/mol. The highest BCUT2D eigenvalue weighted by molar-refractivity contribution is 5.96. The van der Waals surface area contributed by atoms with Gasteiger partial charge in [-0.3, -0.25) is 9.59 Å². The Kier molecular flexibility index (Phi) is 6.06. The minimum Gasteiger partial charge on any atom is -0.493 e. The van der Waals surface area contributed by atoms with Gasteiger partial charge in [-0.15, -0.1) is 0 Å². The number of hydrogen-bond donors (Lipinski definition) is 2.